The number of hydrogen-bond acceptors (Lipinski definition) is 4. The summed E-state index contributed by atoms with van der Waals surface area (Å²) < 4.78 is 13.9. The lowest BCUT2D eigenvalue weighted by Crippen LogP contribution is -2.45. The Bertz CT molecular complexity index is 603. The highest BCUT2D eigenvalue weighted by Crippen LogP contribution is 2.26. The van der Waals surface area contributed by atoms with Crippen molar-refractivity contribution in [2.24, 2.45) is 4.99 Å². The van der Waals surface area contributed by atoms with Crippen LogP contribution in [0.1, 0.15) is 33.1 Å². The van der Waals surface area contributed by atoms with Crippen LogP contribution in [0.2, 0.25) is 0 Å². The number of hydrogen-bond donors (Lipinski definition) is 2. The van der Waals surface area contributed by atoms with E-state index in [2.05, 4.69) is 34.4 Å². The van der Waals surface area contributed by atoms with Gasteiger partial charge >= 0.3 is 0 Å². The van der Waals surface area contributed by atoms with E-state index in [1.54, 1.807) is 12.3 Å². The van der Waals surface area contributed by atoms with Crippen molar-refractivity contribution in [3.05, 3.63) is 24.1 Å². The standard InChI is InChI=1S/C19H31FN6/c1-3-21-19(23-11-13-25(4-2)16-7-8-16)24-15-9-12-26(14-15)18-17(20)6-5-10-22-18/h5-6,10,15-16H,3-4,7-9,11-14H2,1-2H3,(H2,21,23,24). The highest BCUT2D eigenvalue weighted by atomic mass is 19.1. The molecule has 2 N–H and O–H groups in total. The second kappa shape index (κ2) is 9.16. The largest absolute Gasteiger partial charge is 0.357 e. The predicted molar refractivity (Wildman–Crippen MR) is 104 cm³/mol. The fraction of sp³-hybridized carbons (Fsp3) is 0.684. The molecule has 2 aliphatic rings. The van der Waals surface area contributed by atoms with Crippen LogP contribution in [0.3, 0.4) is 0 Å². The summed E-state index contributed by atoms with van der Waals surface area (Å²) in [7, 11) is 0. The van der Waals surface area contributed by atoms with E-state index in [9.17, 15) is 4.39 Å². The third-order valence-corrected chi connectivity index (χ3v) is 5.04. The van der Waals surface area contributed by atoms with Gasteiger partial charge in [-0.25, -0.2) is 9.37 Å². The van der Waals surface area contributed by atoms with Crippen LogP contribution >= 0.6 is 0 Å². The van der Waals surface area contributed by atoms with E-state index in [1.165, 1.54) is 18.9 Å². The third-order valence-electron chi connectivity index (χ3n) is 5.04. The monoisotopic (exact) mass is 362 g/mol. The van der Waals surface area contributed by atoms with Crippen LogP contribution in [-0.4, -0.2) is 67.2 Å². The number of anilines is 1. The van der Waals surface area contributed by atoms with Crippen LogP contribution in [0.15, 0.2) is 23.3 Å². The maximum absolute atomic E-state index is 13.9. The average Bonchev–Trinajstić information content (AvgIpc) is 3.38. The molecule has 2 heterocycles. The summed E-state index contributed by atoms with van der Waals surface area (Å²) >= 11 is 0. The summed E-state index contributed by atoms with van der Waals surface area (Å²) in [4.78, 5) is 13.4. The van der Waals surface area contributed by atoms with Crippen molar-refractivity contribution >= 4 is 11.8 Å². The van der Waals surface area contributed by atoms with E-state index >= 15 is 0 Å². The van der Waals surface area contributed by atoms with Crippen molar-refractivity contribution < 1.29 is 4.39 Å². The molecule has 0 spiro atoms. The minimum absolute atomic E-state index is 0.250. The molecular formula is C19H31FN6. The van der Waals surface area contributed by atoms with Crippen LogP contribution < -0.4 is 15.5 Å². The maximum atomic E-state index is 13.9. The Hall–Kier alpha value is -1.89. The van der Waals surface area contributed by atoms with E-state index in [0.717, 1.165) is 57.7 Å². The Kier molecular flexibility index (Phi) is 6.66. The maximum Gasteiger partial charge on any atom is 0.191 e. The predicted octanol–water partition coefficient (Wildman–Crippen LogP) is 1.84. The number of pyridine rings is 1. The molecule has 1 aromatic rings. The van der Waals surface area contributed by atoms with Crippen LogP contribution in [0.4, 0.5) is 10.2 Å². The summed E-state index contributed by atoms with van der Waals surface area (Å²) in [5.74, 6) is 1.04. The number of rotatable bonds is 8. The van der Waals surface area contributed by atoms with E-state index in [0.29, 0.717) is 5.82 Å². The van der Waals surface area contributed by atoms with Gasteiger partial charge in [0.2, 0.25) is 0 Å². The zero-order chi connectivity index (χ0) is 18.4. The number of likely N-dealkylation sites (N-methyl/N-ethyl adjacent to an activating group) is 1. The molecule has 1 unspecified atom stereocenters. The molecule has 6 nitrogen and oxygen atoms in total. The van der Waals surface area contributed by atoms with Gasteiger partial charge in [-0.3, -0.25) is 9.89 Å². The molecule has 0 amide bonds. The first-order chi connectivity index (χ1) is 12.7. The van der Waals surface area contributed by atoms with Crippen molar-refractivity contribution in [2.75, 3.05) is 44.2 Å². The lowest BCUT2D eigenvalue weighted by molar-refractivity contribution is 0.286. The molecule has 1 aliphatic carbocycles. The molecule has 1 saturated heterocycles. The van der Waals surface area contributed by atoms with E-state index in [1.807, 2.05) is 4.90 Å². The number of aromatic nitrogens is 1. The highest BCUT2D eigenvalue weighted by molar-refractivity contribution is 5.80. The van der Waals surface area contributed by atoms with Crippen molar-refractivity contribution in [2.45, 2.75) is 45.2 Å². The highest BCUT2D eigenvalue weighted by Gasteiger charge is 2.28. The molecule has 2 fully saturated rings. The smallest absolute Gasteiger partial charge is 0.191 e. The zero-order valence-corrected chi connectivity index (χ0v) is 15.9. The minimum Gasteiger partial charge on any atom is -0.357 e. The Morgan fingerprint density at radius 3 is 2.92 bits per heavy atom. The van der Waals surface area contributed by atoms with Crippen LogP contribution in [0.25, 0.3) is 0 Å². The normalized spacial score (nSPS) is 20.7. The number of aliphatic imine (C=N–C) groups is 1. The van der Waals surface area contributed by atoms with Gasteiger partial charge in [0.15, 0.2) is 17.6 Å². The summed E-state index contributed by atoms with van der Waals surface area (Å²) in [5.41, 5.74) is 0. The topological polar surface area (TPSA) is 55.8 Å². The molecule has 0 radical (unpaired) electrons. The van der Waals surface area contributed by atoms with Crippen LogP contribution in [0.5, 0.6) is 0 Å². The van der Waals surface area contributed by atoms with Gasteiger partial charge in [-0.05, 0) is 44.9 Å². The number of halogens is 1. The number of guanidine groups is 1. The molecule has 144 valence electrons. The first kappa shape index (κ1) is 18.9. The summed E-state index contributed by atoms with van der Waals surface area (Å²) in [5, 5.41) is 6.83. The van der Waals surface area contributed by atoms with E-state index in [-0.39, 0.29) is 11.9 Å². The fourth-order valence-corrected chi connectivity index (χ4v) is 3.52. The molecule has 26 heavy (non-hydrogen) atoms. The molecule has 1 aromatic heterocycles. The number of nitrogens with zero attached hydrogens (tertiary/aromatic N) is 4. The SMILES string of the molecule is CCNC(=NCCN(CC)C1CC1)NC1CCN(c2ncccc2F)C1. The third kappa shape index (κ3) is 5.06. The second-order valence-electron chi connectivity index (χ2n) is 7.01. The van der Waals surface area contributed by atoms with Gasteiger partial charge in [0, 0.05) is 44.5 Å². The van der Waals surface area contributed by atoms with Crippen molar-refractivity contribution in [3.63, 3.8) is 0 Å². The van der Waals surface area contributed by atoms with Crippen molar-refractivity contribution in [1.29, 1.82) is 0 Å². The van der Waals surface area contributed by atoms with E-state index < -0.39 is 0 Å². The lowest BCUT2D eigenvalue weighted by atomic mass is 10.3. The first-order valence-electron chi connectivity index (χ1n) is 9.85. The lowest BCUT2D eigenvalue weighted by Gasteiger charge is -2.21. The Labute approximate surface area is 155 Å². The minimum atomic E-state index is -0.256. The van der Waals surface area contributed by atoms with Gasteiger partial charge in [-0.2, -0.15) is 0 Å². The average molecular weight is 362 g/mol. The Balaban J connectivity index is 1.51. The summed E-state index contributed by atoms with van der Waals surface area (Å²) in [6.45, 7) is 9.56. The van der Waals surface area contributed by atoms with Gasteiger partial charge < -0.3 is 15.5 Å². The molecule has 0 bridgehead atoms. The van der Waals surface area contributed by atoms with Gasteiger partial charge in [0.25, 0.3) is 0 Å². The molecule has 1 saturated carbocycles. The van der Waals surface area contributed by atoms with Gasteiger partial charge in [0.1, 0.15) is 0 Å². The summed E-state index contributed by atoms with van der Waals surface area (Å²) in [6.07, 6.45) is 5.25. The van der Waals surface area contributed by atoms with Gasteiger partial charge in [0.05, 0.1) is 6.54 Å². The molecule has 1 atom stereocenters. The second-order valence-corrected chi connectivity index (χ2v) is 7.01. The first-order valence-corrected chi connectivity index (χ1v) is 9.85. The Morgan fingerprint density at radius 2 is 2.23 bits per heavy atom. The zero-order valence-electron chi connectivity index (χ0n) is 15.9. The molecule has 0 aromatic carbocycles. The van der Waals surface area contributed by atoms with Crippen molar-refractivity contribution in [1.82, 2.24) is 20.5 Å². The molecule has 1 aliphatic heterocycles. The molecular weight excluding hydrogens is 331 g/mol. The van der Waals surface area contributed by atoms with Crippen LogP contribution in [0, 0.1) is 5.82 Å². The quantitative estimate of drug-likeness (QED) is 0.546. The van der Waals surface area contributed by atoms with Gasteiger partial charge in [-0.15, -0.1) is 0 Å². The molecule has 3 rings (SSSR count). The number of nitrogens with one attached hydrogen (secondary N) is 2. The van der Waals surface area contributed by atoms with Crippen LogP contribution in [-0.2, 0) is 0 Å². The van der Waals surface area contributed by atoms with Crippen molar-refractivity contribution in [3.8, 4) is 0 Å². The van der Waals surface area contributed by atoms with Gasteiger partial charge in [-0.1, -0.05) is 6.92 Å². The van der Waals surface area contributed by atoms with E-state index in [4.69, 9.17) is 4.99 Å². The fourth-order valence-electron chi connectivity index (χ4n) is 3.52. The summed E-state index contributed by atoms with van der Waals surface area (Å²) in [6, 6.07) is 4.12. The molecule has 7 heteroatoms. The Morgan fingerprint density at radius 1 is 1.38 bits per heavy atom.